The van der Waals surface area contributed by atoms with E-state index in [2.05, 4.69) is 0 Å². The number of benzene rings is 1. The predicted molar refractivity (Wildman–Crippen MR) is 41.2 cm³/mol. The highest BCUT2D eigenvalue weighted by Gasteiger charge is 2.19. The van der Waals surface area contributed by atoms with Gasteiger partial charge in [0, 0.05) is 11.1 Å². The molecule has 0 amide bonds. The van der Waals surface area contributed by atoms with E-state index in [4.69, 9.17) is 0 Å². The molecule has 0 fully saturated rings. The largest absolute Gasteiger partial charge is 0.298 e. The zero-order valence-corrected chi connectivity index (χ0v) is 7.12. The standard InChI is InChI=1S/C9H7F3O/c1-4-6(3-13)7(10)5(2)9(12)8(4)11/h3H,1-2H3. The molecule has 1 aromatic carbocycles. The van der Waals surface area contributed by atoms with Gasteiger partial charge in [0.25, 0.3) is 0 Å². The molecular formula is C9H7F3O. The van der Waals surface area contributed by atoms with Crippen LogP contribution in [0.15, 0.2) is 0 Å². The molecule has 0 saturated carbocycles. The Morgan fingerprint density at radius 1 is 0.923 bits per heavy atom. The van der Waals surface area contributed by atoms with Crippen LogP contribution in [0.1, 0.15) is 21.5 Å². The summed E-state index contributed by atoms with van der Waals surface area (Å²) in [4.78, 5) is 10.3. The molecule has 70 valence electrons. The highest BCUT2D eigenvalue weighted by Crippen LogP contribution is 2.22. The van der Waals surface area contributed by atoms with E-state index in [-0.39, 0.29) is 11.8 Å². The Labute approximate surface area is 73.2 Å². The molecule has 1 rings (SSSR count). The van der Waals surface area contributed by atoms with Crippen LogP contribution in [-0.2, 0) is 0 Å². The number of aldehydes is 1. The summed E-state index contributed by atoms with van der Waals surface area (Å²) in [6.45, 7) is 2.24. The Kier molecular flexibility index (Phi) is 2.40. The lowest BCUT2D eigenvalue weighted by molar-refractivity contribution is 0.111. The lowest BCUT2D eigenvalue weighted by Gasteiger charge is -2.06. The van der Waals surface area contributed by atoms with Crippen LogP contribution in [0.5, 0.6) is 0 Å². The smallest absolute Gasteiger partial charge is 0.164 e. The van der Waals surface area contributed by atoms with Crippen LogP contribution < -0.4 is 0 Å². The molecule has 0 bridgehead atoms. The summed E-state index contributed by atoms with van der Waals surface area (Å²) < 4.78 is 38.8. The van der Waals surface area contributed by atoms with Crippen molar-refractivity contribution in [1.29, 1.82) is 0 Å². The maximum absolute atomic E-state index is 13.1. The Morgan fingerprint density at radius 3 is 1.85 bits per heavy atom. The quantitative estimate of drug-likeness (QED) is 0.489. The minimum atomic E-state index is -1.24. The average molecular weight is 188 g/mol. The van der Waals surface area contributed by atoms with E-state index < -0.39 is 28.6 Å². The van der Waals surface area contributed by atoms with Gasteiger partial charge < -0.3 is 0 Å². The Balaban J connectivity index is 3.66. The fourth-order valence-electron chi connectivity index (χ4n) is 1.05. The van der Waals surface area contributed by atoms with Crippen LogP contribution in [0, 0.1) is 31.3 Å². The van der Waals surface area contributed by atoms with Gasteiger partial charge in [-0.25, -0.2) is 13.2 Å². The van der Waals surface area contributed by atoms with E-state index in [9.17, 15) is 18.0 Å². The minimum absolute atomic E-state index is 0.181. The summed E-state index contributed by atoms with van der Waals surface area (Å²) in [5.41, 5.74) is -1.18. The van der Waals surface area contributed by atoms with Crippen LogP contribution in [0.4, 0.5) is 13.2 Å². The highest BCUT2D eigenvalue weighted by atomic mass is 19.2. The van der Waals surface area contributed by atoms with Crippen molar-refractivity contribution in [2.45, 2.75) is 13.8 Å². The minimum Gasteiger partial charge on any atom is -0.298 e. The molecule has 0 N–H and O–H groups in total. The van der Waals surface area contributed by atoms with Gasteiger partial charge in [-0.1, -0.05) is 0 Å². The van der Waals surface area contributed by atoms with E-state index in [1.165, 1.54) is 0 Å². The first kappa shape index (κ1) is 9.77. The Bertz CT molecular complexity index is 343. The van der Waals surface area contributed by atoms with Crippen LogP contribution in [0.25, 0.3) is 0 Å². The molecule has 0 aliphatic carbocycles. The molecule has 0 atom stereocenters. The fraction of sp³-hybridized carbons (Fsp3) is 0.222. The monoisotopic (exact) mass is 188 g/mol. The number of halogens is 3. The molecule has 0 aliphatic rings. The number of hydrogen-bond donors (Lipinski definition) is 0. The van der Waals surface area contributed by atoms with Gasteiger partial charge in [0.2, 0.25) is 0 Å². The normalized spacial score (nSPS) is 10.2. The molecule has 0 unspecified atom stereocenters. The summed E-state index contributed by atoms with van der Waals surface area (Å²) in [5, 5.41) is 0. The van der Waals surface area contributed by atoms with Gasteiger partial charge in [-0.15, -0.1) is 0 Å². The van der Waals surface area contributed by atoms with Crippen LogP contribution in [-0.4, -0.2) is 6.29 Å². The van der Waals surface area contributed by atoms with Gasteiger partial charge >= 0.3 is 0 Å². The Hall–Kier alpha value is -1.32. The molecule has 0 spiro atoms. The van der Waals surface area contributed by atoms with E-state index in [0.29, 0.717) is 0 Å². The lowest BCUT2D eigenvalue weighted by Crippen LogP contribution is -2.04. The van der Waals surface area contributed by atoms with Gasteiger partial charge in [-0.05, 0) is 13.8 Å². The van der Waals surface area contributed by atoms with Crippen molar-refractivity contribution < 1.29 is 18.0 Å². The summed E-state index contributed by atoms with van der Waals surface area (Å²) in [5.74, 6) is -3.40. The predicted octanol–water partition coefficient (Wildman–Crippen LogP) is 2.53. The molecule has 4 heteroatoms. The zero-order chi connectivity index (χ0) is 10.2. The first-order chi connectivity index (χ1) is 6.00. The molecule has 0 radical (unpaired) electrons. The molecular weight excluding hydrogens is 181 g/mol. The second-order valence-electron chi connectivity index (χ2n) is 2.72. The van der Waals surface area contributed by atoms with Crippen LogP contribution in [0.3, 0.4) is 0 Å². The number of carbonyl (C=O) groups excluding carboxylic acids is 1. The molecule has 0 aliphatic heterocycles. The SMILES string of the molecule is Cc1c(F)c(F)c(C)c(C=O)c1F. The van der Waals surface area contributed by atoms with Crippen molar-refractivity contribution in [2.75, 3.05) is 0 Å². The zero-order valence-electron chi connectivity index (χ0n) is 7.12. The first-order valence-electron chi connectivity index (χ1n) is 3.59. The van der Waals surface area contributed by atoms with Crippen molar-refractivity contribution >= 4 is 6.29 Å². The number of rotatable bonds is 1. The van der Waals surface area contributed by atoms with Crippen LogP contribution >= 0.6 is 0 Å². The lowest BCUT2D eigenvalue weighted by atomic mass is 10.0. The van der Waals surface area contributed by atoms with Crippen molar-refractivity contribution in [2.24, 2.45) is 0 Å². The van der Waals surface area contributed by atoms with Crippen molar-refractivity contribution in [1.82, 2.24) is 0 Å². The van der Waals surface area contributed by atoms with Gasteiger partial charge in [0.15, 0.2) is 17.9 Å². The first-order valence-corrected chi connectivity index (χ1v) is 3.59. The van der Waals surface area contributed by atoms with Gasteiger partial charge in [-0.3, -0.25) is 4.79 Å². The summed E-state index contributed by atoms with van der Waals surface area (Å²) >= 11 is 0. The second-order valence-corrected chi connectivity index (χ2v) is 2.72. The maximum Gasteiger partial charge on any atom is 0.164 e. The topological polar surface area (TPSA) is 17.1 Å². The van der Waals surface area contributed by atoms with Crippen molar-refractivity contribution in [3.8, 4) is 0 Å². The van der Waals surface area contributed by atoms with Crippen molar-refractivity contribution in [3.05, 3.63) is 34.1 Å². The third kappa shape index (κ3) is 1.32. The van der Waals surface area contributed by atoms with Gasteiger partial charge in [-0.2, -0.15) is 0 Å². The van der Waals surface area contributed by atoms with E-state index in [0.717, 1.165) is 13.8 Å². The molecule has 0 heterocycles. The fourth-order valence-corrected chi connectivity index (χ4v) is 1.05. The molecule has 13 heavy (non-hydrogen) atoms. The van der Waals surface area contributed by atoms with E-state index in [1.807, 2.05) is 0 Å². The summed E-state index contributed by atoms with van der Waals surface area (Å²) in [7, 11) is 0. The van der Waals surface area contributed by atoms with E-state index >= 15 is 0 Å². The van der Waals surface area contributed by atoms with E-state index in [1.54, 1.807) is 0 Å². The number of hydrogen-bond acceptors (Lipinski definition) is 1. The third-order valence-corrected chi connectivity index (χ3v) is 1.94. The van der Waals surface area contributed by atoms with Crippen molar-refractivity contribution in [3.63, 3.8) is 0 Å². The molecule has 1 nitrogen and oxygen atoms in total. The summed E-state index contributed by atoms with van der Waals surface area (Å²) in [6, 6.07) is 0. The Morgan fingerprint density at radius 2 is 1.38 bits per heavy atom. The second kappa shape index (κ2) is 3.20. The molecule has 1 aromatic rings. The van der Waals surface area contributed by atoms with Gasteiger partial charge in [0.05, 0.1) is 5.56 Å². The highest BCUT2D eigenvalue weighted by molar-refractivity contribution is 5.78. The third-order valence-electron chi connectivity index (χ3n) is 1.94. The van der Waals surface area contributed by atoms with Crippen LogP contribution in [0.2, 0.25) is 0 Å². The number of carbonyl (C=O) groups is 1. The van der Waals surface area contributed by atoms with Gasteiger partial charge in [0.1, 0.15) is 5.82 Å². The average Bonchev–Trinajstić information content (AvgIpc) is 2.13. The molecule has 0 saturated heterocycles. The summed E-state index contributed by atoms with van der Waals surface area (Å²) in [6.07, 6.45) is 0.181. The maximum atomic E-state index is 13.1. The molecule has 0 aromatic heterocycles.